The molecule has 0 saturated carbocycles. The van der Waals surface area contributed by atoms with E-state index in [1.54, 1.807) is 0 Å². The molecule has 0 aliphatic heterocycles. The second-order valence-corrected chi connectivity index (χ2v) is 3.42. The van der Waals surface area contributed by atoms with Gasteiger partial charge in [-0.15, -0.1) is 0 Å². The van der Waals surface area contributed by atoms with Crippen molar-refractivity contribution in [3.05, 3.63) is 24.3 Å². The Morgan fingerprint density at radius 1 is 1.06 bits per heavy atom. The highest BCUT2D eigenvalue weighted by molar-refractivity contribution is 5.93. The zero-order valence-corrected chi connectivity index (χ0v) is 9.38. The average Bonchev–Trinajstić information content (AvgIpc) is 2.16. The van der Waals surface area contributed by atoms with Crippen LogP contribution in [-0.4, -0.2) is 26.0 Å². The summed E-state index contributed by atoms with van der Waals surface area (Å²) in [5.41, 5.74) is 17.6. The van der Waals surface area contributed by atoms with Crippen LogP contribution >= 0.6 is 0 Å². The van der Waals surface area contributed by atoms with E-state index < -0.39 is 0 Å². The van der Waals surface area contributed by atoms with Gasteiger partial charge in [-0.3, -0.25) is 0 Å². The first-order valence-electron chi connectivity index (χ1n) is 4.70. The van der Waals surface area contributed by atoms with Crippen molar-refractivity contribution < 1.29 is 0 Å². The lowest BCUT2D eigenvalue weighted by molar-refractivity contribution is 1.13. The van der Waals surface area contributed by atoms with Gasteiger partial charge in [-0.05, 0) is 24.3 Å². The summed E-state index contributed by atoms with van der Waals surface area (Å²) >= 11 is 0. The molecule has 6 N–H and O–H groups in total. The minimum Gasteiger partial charge on any atom is -0.378 e. The molecule has 1 rings (SSSR count). The van der Waals surface area contributed by atoms with Crippen molar-refractivity contribution >= 4 is 23.3 Å². The Balaban J connectivity index is 2.87. The number of anilines is 1. The van der Waals surface area contributed by atoms with Crippen LogP contribution in [-0.2, 0) is 0 Å². The van der Waals surface area contributed by atoms with Crippen molar-refractivity contribution in [1.29, 1.82) is 0 Å². The first-order chi connectivity index (χ1) is 7.49. The number of aliphatic imine (C=N–C) groups is 2. The van der Waals surface area contributed by atoms with Crippen molar-refractivity contribution in [3.63, 3.8) is 0 Å². The molecule has 0 unspecified atom stereocenters. The Kier molecular flexibility index (Phi) is 3.71. The average molecular weight is 220 g/mol. The first-order valence-corrected chi connectivity index (χ1v) is 4.70. The Labute approximate surface area is 94.5 Å². The fourth-order valence-corrected chi connectivity index (χ4v) is 1.11. The number of rotatable bonds is 2. The Morgan fingerprint density at radius 3 is 2.06 bits per heavy atom. The molecule has 0 aromatic heterocycles. The van der Waals surface area contributed by atoms with Gasteiger partial charge in [0.05, 0.1) is 5.69 Å². The third-order valence-corrected chi connectivity index (χ3v) is 1.85. The Morgan fingerprint density at radius 2 is 1.62 bits per heavy atom. The van der Waals surface area contributed by atoms with Gasteiger partial charge in [-0.1, -0.05) is 0 Å². The molecule has 1 aromatic rings. The van der Waals surface area contributed by atoms with Crippen LogP contribution in [0.1, 0.15) is 0 Å². The van der Waals surface area contributed by atoms with E-state index in [4.69, 9.17) is 17.2 Å². The molecule has 0 aliphatic rings. The number of hydrogen-bond donors (Lipinski definition) is 3. The number of nitrogens with zero attached hydrogens (tertiary/aromatic N) is 3. The largest absolute Gasteiger partial charge is 0.378 e. The van der Waals surface area contributed by atoms with Crippen LogP contribution in [0, 0.1) is 0 Å². The zero-order chi connectivity index (χ0) is 12.1. The monoisotopic (exact) mass is 220 g/mol. The van der Waals surface area contributed by atoms with Crippen LogP contribution in [0.2, 0.25) is 0 Å². The third-order valence-electron chi connectivity index (χ3n) is 1.85. The Bertz CT molecular complexity index is 400. The number of guanidine groups is 2. The molecule has 16 heavy (non-hydrogen) atoms. The molecule has 0 bridgehead atoms. The smallest absolute Gasteiger partial charge is 0.223 e. The maximum atomic E-state index is 5.50. The SMILES string of the molecule is CN(C)c1ccc(N=C(N)N=C(N)N)cc1. The lowest BCUT2D eigenvalue weighted by atomic mass is 10.3. The second-order valence-electron chi connectivity index (χ2n) is 3.42. The molecule has 0 saturated heterocycles. The number of benzene rings is 1. The fraction of sp³-hybridized carbons (Fsp3) is 0.200. The van der Waals surface area contributed by atoms with Crippen LogP contribution in [0.4, 0.5) is 11.4 Å². The summed E-state index contributed by atoms with van der Waals surface area (Å²) in [6.07, 6.45) is 0. The topological polar surface area (TPSA) is 106 Å². The van der Waals surface area contributed by atoms with Gasteiger partial charge >= 0.3 is 0 Å². The van der Waals surface area contributed by atoms with Crippen molar-refractivity contribution in [2.45, 2.75) is 0 Å². The summed E-state index contributed by atoms with van der Waals surface area (Å²) < 4.78 is 0. The summed E-state index contributed by atoms with van der Waals surface area (Å²) in [5.74, 6) is -0.0660. The molecule has 0 radical (unpaired) electrons. The van der Waals surface area contributed by atoms with Gasteiger partial charge in [-0.2, -0.15) is 4.99 Å². The van der Waals surface area contributed by atoms with E-state index in [1.165, 1.54) is 0 Å². The van der Waals surface area contributed by atoms with Gasteiger partial charge in [0.15, 0.2) is 5.96 Å². The molecular formula is C10H16N6. The minimum absolute atomic E-state index is 0.0394. The quantitative estimate of drug-likeness (QED) is 0.480. The van der Waals surface area contributed by atoms with Crippen molar-refractivity contribution in [2.75, 3.05) is 19.0 Å². The first kappa shape index (κ1) is 11.8. The normalized spacial score (nSPS) is 11.0. The summed E-state index contributed by atoms with van der Waals surface area (Å²) in [6.45, 7) is 0. The standard InChI is InChI=1S/C10H16N6/c1-16(2)8-5-3-7(4-6-8)14-10(13)15-9(11)12/h3-6H,1-2H3,(H6,11,12,13,14,15). The highest BCUT2D eigenvalue weighted by atomic mass is 15.1. The molecule has 0 amide bonds. The molecule has 0 heterocycles. The molecule has 6 heteroatoms. The summed E-state index contributed by atoms with van der Waals surface area (Å²) in [7, 11) is 3.93. The number of nitrogens with two attached hydrogens (primary N) is 3. The van der Waals surface area contributed by atoms with Gasteiger partial charge in [0, 0.05) is 19.8 Å². The fourth-order valence-electron chi connectivity index (χ4n) is 1.11. The highest BCUT2D eigenvalue weighted by Crippen LogP contribution is 2.17. The molecule has 0 fully saturated rings. The molecule has 6 nitrogen and oxygen atoms in total. The van der Waals surface area contributed by atoms with Gasteiger partial charge < -0.3 is 22.1 Å². The van der Waals surface area contributed by atoms with Crippen molar-refractivity contribution in [1.82, 2.24) is 0 Å². The summed E-state index contributed by atoms with van der Waals surface area (Å²) in [6, 6.07) is 7.54. The van der Waals surface area contributed by atoms with E-state index in [0.29, 0.717) is 5.69 Å². The van der Waals surface area contributed by atoms with Gasteiger partial charge in [0.1, 0.15) is 0 Å². The van der Waals surface area contributed by atoms with Gasteiger partial charge in [0.25, 0.3) is 0 Å². The van der Waals surface area contributed by atoms with Crippen molar-refractivity contribution in [2.24, 2.45) is 27.2 Å². The molecule has 0 atom stereocenters. The highest BCUT2D eigenvalue weighted by Gasteiger charge is 1.96. The van der Waals surface area contributed by atoms with Crippen molar-refractivity contribution in [3.8, 4) is 0 Å². The predicted octanol–water partition coefficient (Wildman–Crippen LogP) is -0.0278. The van der Waals surface area contributed by atoms with Crippen LogP contribution in [0.25, 0.3) is 0 Å². The second kappa shape index (κ2) is 5.01. The predicted molar refractivity (Wildman–Crippen MR) is 67.9 cm³/mol. The van der Waals surface area contributed by atoms with Crippen LogP contribution in [0.3, 0.4) is 0 Å². The third kappa shape index (κ3) is 3.49. The van der Waals surface area contributed by atoms with Crippen LogP contribution in [0.5, 0.6) is 0 Å². The van der Waals surface area contributed by atoms with E-state index in [-0.39, 0.29) is 11.9 Å². The number of hydrogen-bond acceptors (Lipinski definition) is 2. The summed E-state index contributed by atoms with van der Waals surface area (Å²) in [4.78, 5) is 9.64. The van der Waals surface area contributed by atoms with Gasteiger partial charge in [-0.25, -0.2) is 4.99 Å². The van der Waals surface area contributed by atoms with E-state index >= 15 is 0 Å². The summed E-state index contributed by atoms with van der Waals surface area (Å²) in [5, 5.41) is 0. The van der Waals surface area contributed by atoms with E-state index in [2.05, 4.69) is 9.98 Å². The van der Waals surface area contributed by atoms with Gasteiger partial charge in [0.2, 0.25) is 5.96 Å². The van der Waals surface area contributed by atoms with Crippen LogP contribution < -0.4 is 22.1 Å². The molecule has 1 aromatic carbocycles. The van der Waals surface area contributed by atoms with E-state index in [1.807, 2.05) is 43.3 Å². The lowest BCUT2D eigenvalue weighted by Gasteiger charge is -2.11. The maximum Gasteiger partial charge on any atom is 0.223 e. The minimum atomic E-state index is -0.105. The molecule has 0 aliphatic carbocycles. The zero-order valence-electron chi connectivity index (χ0n) is 9.38. The van der Waals surface area contributed by atoms with E-state index in [9.17, 15) is 0 Å². The molecule has 0 spiro atoms. The molecule has 86 valence electrons. The molecular weight excluding hydrogens is 204 g/mol. The lowest BCUT2D eigenvalue weighted by Crippen LogP contribution is -2.26. The maximum absolute atomic E-state index is 5.50. The van der Waals surface area contributed by atoms with Crippen LogP contribution in [0.15, 0.2) is 34.3 Å². The van der Waals surface area contributed by atoms with E-state index in [0.717, 1.165) is 5.69 Å². The Hall–Kier alpha value is -2.24.